The van der Waals surface area contributed by atoms with Gasteiger partial charge in [-0.2, -0.15) is 5.10 Å². The third kappa shape index (κ3) is 4.18. The number of anilines is 1. The Balaban J connectivity index is 1.97. The number of hydrogen-bond acceptors (Lipinski definition) is 4. The van der Waals surface area contributed by atoms with E-state index in [4.69, 9.17) is 5.11 Å². The Morgan fingerprint density at radius 1 is 1.42 bits per heavy atom. The average molecular weight is 260 g/mol. The second kappa shape index (κ2) is 6.65. The Hall–Kier alpha value is -2.21. The normalized spacial score (nSPS) is 10.4. The number of aliphatic hydroxyl groups is 1. The first-order valence-electron chi connectivity index (χ1n) is 6.10. The van der Waals surface area contributed by atoms with Crippen molar-refractivity contribution in [3.05, 3.63) is 42.5 Å². The van der Waals surface area contributed by atoms with Crippen molar-refractivity contribution in [1.82, 2.24) is 14.8 Å². The molecule has 0 spiro atoms. The Morgan fingerprint density at radius 2 is 2.32 bits per heavy atom. The van der Waals surface area contributed by atoms with Crippen molar-refractivity contribution in [2.45, 2.75) is 19.4 Å². The second-order valence-electron chi connectivity index (χ2n) is 4.17. The molecule has 0 unspecified atom stereocenters. The number of carbonyl (C=O) groups excluding carboxylic acids is 1. The Morgan fingerprint density at radius 3 is 3.05 bits per heavy atom. The van der Waals surface area contributed by atoms with Crippen LogP contribution in [0.4, 0.5) is 5.69 Å². The third-order valence-corrected chi connectivity index (χ3v) is 2.58. The van der Waals surface area contributed by atoms with Gasteiger partial charge in [0.2, 0.25) is 5.91 Å². The van der Waals surface area contributed by atoms with E-state index in [-0.39, 0.29) is 12.5 Å². The highest BCUT2D eigenvalue weighted by Crippen LogP contribution is 2.12. The summed E-state index contributed by atoms with van der Waals surface area (Å²) < 4.78 is 1.71. The van der Waals surface area contributed by atoms with Crippen LogP contribution in [0.2, 0.25) is 0 Å². The van der Waals surface area contributed by atoms with Crippen molar-refractivity contribution in [2.24, 2.45) is 0 Å². The molecule has 1 aromatic heterocycles. The van der Waals surface area contributed by atoms with Crippen LogP contribution < -0.4 is 5.32 Å². The van der Waals surface area contributed by atoms with Crippen molar-refractivity contribution in [3.8, 4) is 0 Å². The highest BCUT2D eigenvalue weighted by molar-refractivity contribution is 5.90. The lowest BCUT2D eigenvalue weighted by Gasteiger charge is -2.07. The SMILES string of the molecule is O=C(CCCO)Nc1cccc(Cn2cncn2)c1. The number of nitrogens with one attached hydrogen (secondary N) is 1. The van der Waals surface area contributed by atoms with Crippen LogP contribution in [-0.2, 0) is 11.3 Å². The van der Waals surface area contributed by atoms with Crippen LogP contribution in [0.25, 0.3) is 0 Å². The number of aliphatic hydroxyl groups excluding tert-OH is 1. The molecule has 0 radical (unpaired) electrons. The summed E-state index contributed by atoms with van der Waals surface area (Å²) in [6, 6.07) is 7.58. The highest BCUT2D eigenvalue weighted by Gasteiger charge is 2.03. The van der Waals surface area contributed by atoms with Crippen molar-refractivity contribution < 1.29 is 9.90 Å². The fraction of sp³-hybridized carbons (Fsp3) is 0.308. The predicted molar refractivity (Wildman–Crippen MR) is 70.5 cm³/mol. The van der Waals surface area contributed by atoms with Crippen LogP contribution in [0.15, 0.2) is 36.9 Å². The van der Waals surface area contributed by atoms with E-state index in [9.17, 15) is 4.79 Å². The van der Waals surface area contributed by atoms with Gasteiger partial charge in [-0.05, 0) is 24.1 Å². The lowest BCUT2D eigenvalue weighted by molar-refractivity contribution is -0.116. The molecule has 0 bridgehead atoms. The molecule has 0 aliphatic heterocycles. The fourth-order valence-corrected chi connectivity index (χ4v) is 1.71. The number of nitrogens with zero attached hydrogens (tertiary/aromatic N) is 3. The molecule has 0 atom stereocenters. The number of rotatable bonds is 6. The Labute approximate surface area is 111 Å². The monoisotopic (exact) mass is 260 g/mol. The molecule has 2 aromatic rings. The van der Waals surface area contributed by atoms with Crippen molar-refractivity contribution in [2.75, 3.05) is 11.9 Å². The highest BCUT2D eigenvalue weighted by atomic mass is 16.3. The van der Waals surface area contributed by atoms with Crippen LogP contribution in [-0.4, -0.2) is 32.4 Å². The molecule has 1 aromatic carbocycles. The van der Waals surface area contributed by atoms with Gasteiger partial charge in [-0.15, -0.1) is 0 Å². The van der Waals surface area contributed by atoms with Crippen molar-refractivity contribution in [3.63, 3.8) is 0 Å². The molecule has 2 rings (SSSR count). The molecule has 0 aliphatic carbocycles. The smallest absolute Gasteiger partial charge is 0.224 e. The van der Waals surface area contributed by atoms with Crippen LogP contribution in [0.3, 0.4) is 0 Å². The number of aromatic nitrogens is 3. The quantitative estimate of drug-likeness (QED) is 0.813. The summed E-state index contributed by atoms with van der Waals surface area (Å²) in [5, 5.41) is 15.5. The van der Waals surface area contributed by atoms with E-state index < -0.39 is 0 Å². The third-order valence-electron chi connectivity index (χ3n) is 2.58. The molecule has 6 heteroatoms. The molecule has 2 N–H and O–H groups in total. The zero-order valence-corrected chi connectivity index (χ0v) is 10.5. The van der Waals surface area contributed by atoms with Gasteiger partial charge >= 0.3 is 0 Å². The molecule has 0 fully saturated rings. The molecule has 0 saturated heterocycles. The van der Waals surface area contributed by atoms with Crippen LogP contribution >= 0.6 is 0 Å². The molecule has 6 nitrogen and oxygen atoms in total. The zero-order valence-electron chi connectivity index (χ0n) is 10.5. The first kappa shape index (κ1) is 13.2. The number of hydrogen-bond donors (Lipinski definition) is 2. The van der Waals surface area contributed by atoms with Gasteiger partial charge in [-0.3, -0.25) is 4.79 Å². The Bertz CT molecular complexity index is 525. The molecular weight excluding hydrogens is 244 g/mol. The minimum absolute atomic E-state index is 0.0275. The predicted octanol–water partition coefficient (Wildman–Crippen LogP) is 1.04. The Kier molecular flexibility index (Phi) is 4.63. The summed E-state index contributed by atoms with van der Waals surface area (Å²) in [7, 11) is 0. The van der Waals surface area contributed by atoms with Crippen LogP contribution in [0.5, 0.6) is 0 Å². The van der Waals surface area contributed by atoms with Gasteiger partial charge in [-0.25, -0.2) is 9.67 Å². The number of carbonyl (C=O) groups is 1. The summed E-state index contributed by atoms with van der Waals surface area (Å²) >= 11 is 0. The van der Waals surface area contributed by atoms with Crippen LogP contribution in [0, 0.1) is 0 Å². The first-order valence-corrected chi connectivity index (χ1v) is 6.10. The molecule has 1 amide bonds. The van der Waals surface area contributed by atoms with Crippen LogP contribution in [0.1, 0.15) is 18.4 Å². The van der Waals surface area contributed by atoms with E-state index in [0.29, 0.717) is 19.4 Å². The van der Waals surface area contributed by atoms with E-state index in [1.807, 2.05) is 24.3 Å². The maximum atomic E-state index is 11.5. The van der Waals surface area contributed by atoms with E-state index in [1.54, 1.807) is 11.0 Å². The number of benzene rings is 1. The average Bonchev–Trinajstić information content (AvgIpc) is 2.89. The largest absolute Gasteiger partial charge is 0.396 e. The lowest BCUT2D eigenvalue weighted by Crippen LogP contribution is -2.12. The summed E-state index contributed by atoms with van der Waals surface area (Å²) in [4.78, 5) is 15.4. The minimum Gasteiger partial charge on any atom is -0.396 e. The van der Waals surface area contributed by atoms with E-state index in [1.165, 1.54) is 6.33 Å². The second-order valence-corrected chi connectivity index (χ2v) is 4.17. The molecule has 1 heterocycles. The van der Waals surface area contributed by atoms with Gasteiger partial charge in [0.1, 0.15) is 12.7 Å². The molecule has 100 valence electrons. The number of amides is 1. The molecule has 0 saturated carbocycles. The van der Waals surface area contributed by atoms with Crippen molar-refractivity contribution in [1.29, 1.82) is 0 Å². The topological polar surface area (TPSA) is 80.0 Å². The lowest BCUT2D eigenvalue weighted by atomic mass is 10.2. The minimum atomic E-state index is -0.0908. The summed E-state index contributed by atoms with van der Waals surface area (Å²) in [5.74, 6) is -0.0908. The van der Waals surface area contributed by atoms with Gasteiger partial charge in [0.05, 0.1) is 6.54 Å². The maximum Gasteiger partial charge on any atom is 0.224 e. The summed E-state index contributed by atoms with van der Waals surface area (Å²) in [5.41, 5.74) is 1.78. The van der Waals surface area contributed by atoms with E-state index >= 15 is 0 Å². The van der Waals surface area contributed by atoms with Gasteiger partial charge in [0, 0.05) is 18.7 Å². The maximum absolute atomic E-state index is 11.5. The summed E-state index contributed by atoms with van der Waals surface area (Å²) in [6.07, 6.45) is 3.93. The van der Waals surface area contributed by atoms with E-state index in [2.05, 4.69) is 15.4 Å². The standard InChI is InChI=1S/C13H16N4O2/c18-6-2-5-13(19)16-12-4-1-3-11(7-12)8-17-10-14-9-15-17/h1,3-4,7,9-10,18H,2,5-6,8H2,(H,16,19). The molecule has 0 aliphatic rings. The zero-order chi connectivity index (χ0) is 13.5. The van der Waals surface area contributed by atoms with Gasteiger partial charge in [0.15, 0.2) is 0 Å². The van der Waals surface area contributed by atoms with Crippen molar-refractivity contribution >= 4 is 11.6 Å². The van der Waals surface area contributed by atoms with E-state index in [0.717, 1.165) is 11.3 Å². The summed E-state index contributed by atoms with van der Waals surface area (Å²) in [6.45, 7) is 0.639. The molecular formula is C13H16N4O2. The molecule has 19 heavy (non-hydrogen) atoms. The van der Waals surface area contributed by atoms with Gasteiger partial charge in [-0.1, -0.05) is 12.1 Å². The first-order chi connectivity index (χ1) is 9.28. The van der Waals surface area contributed by atoms with Gasteiger partial charge < -0.3 is 10.4 Å². The van der Waals surface area contributed by atoms with Gasteiger partial charge in [0.25, 0.3) is 0 Å². The fourth-order valence-electron chi connectivity index (χ4n) is 1.71.